The number of aromatic nitrogens is 6. The highest BCUT2D eigenvalue weighted by molar-refractivity contribution is 7.94. The van der Waals surface area contributed by atoms with Crippen molar-refractivity contribution in [3.8, 4) is 33.4 Å². The lowest BCUT2D eigenvalue weighted by molar-refractivity contribution is -0.0435. The molecule has 0 atom stereocenters. The Morgan fingerprint density at radius 2 is 0.651 bits per heavy atom. The Bertz CT molecular complexity index is 6090. The van der Waals surface area contributed by atoms with Crippen molar-refractivity contribution in [2.24, 2.45) is 5.14 Å². The number of nitrogens with zero attached hydrogens (tertiary/aromatic N) is 3. The first-order valence-electron chi connectivity index (χ1n) is 31.0. The molecule has 9 aromatic carbocycles. The lowest BCUT2D eigenvalue weighted by atomic mass is 9.89. The van der Waals surface area contributed by atoms with Gasteiger partial charge in [0, 0.05) is 28.2 Å². The van der Waals surface area contributed by atoms with Crippen LogP contribution >= 0.6 is 0 Å². The highest BCUT2D eigenvalue weighted by Crippen LogP contribution is 2.37. The van der Waals surface area contributed by atoms with Gasteiger partial charge in [-0.05, 0) is 162 Å². The van der Waals surface area contributed by atoms with E-state index in [1.165, 1.54) is 105 Å². The number of imidazole rings is 3. The van der Waals surface area contributed by atoms with E-state index >= 15 is 0 Å². The predicted octanol–water partition coefficient (Wildman–Crippen LogP) is 16.1. The summed E-state index contributed by atoms with van der Waals surface area (Å²) < 4.78 is 271. The summed E-state index contributed by atoms with van der Waals surface area (Å²) in [7, 11) is -26.1. The first-order chi connectivity index (χ1) is 50.7. The molecule has 0 spiro atoms. The zero-order valence-electron chi connectivity index (χ0n) is 55.5. The molecule has 0 saturated carbocycles. The molecule has 0 aliphatic heterocycles. The van der Waals surface area contributed by atoms with Gasteiger partial charge < -0.3 is 20.1 Å². The van der Waals surface area contributed by atoms with Gasteiger partial charge in [0.15, 0.2) is 0 Å². The van der Waals surface area contributed by atoms with Gasteiger partial charge >= 0.3 is 62.1 Å². The molecule has 12 aromatic rings. The Kier molecular flexibility index (Phi) is 22.6. The number of anilines is 4. The highest BCUT2D eigenvalue weighted by Gasteiger charge is 2.48. The number of rotatable bonds is 19. The van der Waals surface area contributed by atoms with Crippen molar-refractivity contribution in [1.82, 2.24) is 29.9 Å². The molecule has 39 heteroatoms. The summed E-state index contributed by atoms with van der Waals surface area (Å²) in [5, 5.41) is 15.8. The van der Waals surface area contributed by atoms with Crippen molar-refractivity contribution in [2.45, 2.75) is 46.4 Å². The number of hydrogen-bond donors (Lipinski definition) is 9. The Labute approximate surface area is 612 Å². The van der Waals surface area contributed by atoms with Gasteiger partial charge in [-0.25, -0.2) is 28.5 Å². The first kappa shape index (κ1) is 80.2. The van der Waals surface area contributed by atoms with E-state index in [0.717, 1.165) is 39.9 Å². The number of alkyl halides is 12. The Balaban J connectivity index is 0.000000175. The fraction of sp³-hybridized carbons (Fsp3) is 0.100. The number of halogens is 12. The second-order valence-electron chi connectivity index (χ2n) is 23.8. The van der Waals surface area contributed by atoms with Crippen LogP contribution in [-0.4, -0.2) is 99.1 Å². The van der Waals surface area contributed by atoms with Gasteiger partial charge in [-0.15, -0.1) is 0 Å². The normalized spacial score (nSPS) is 13.0. The minimum atomic E-state index is -5.63. The van der Waals surface area contributed by atoms with E-state index in [0.29, 0.717) is 72.9 Å². The summed E-state index contributed by atoms with van der Waals surface area (Å²) >= 11 is 0. The fourth-order valence-corrected chi connectivity index (χ4v) is 13.3. The Morgan fingerprint density at radius 3 is 0.991 bits per heavy atom. The van der Waals surface area contributed by atoms with E-state index in [-0.39, 0.29) is 33.2 Å². The minimum absolute atomic E-state index is 0.0000418. The van der Waals surface area contributed by atoms with Crippen LogP contribution in [0.2, 0.25) is 0 Å². The van der Waals surface area contributed by atoms with Crippen LogP contribution in [0.3, 0.4) is 0 Å². The largest absolute Gasteiger partial charge is 0.516 e. The molecule has 3 aromatic heterocycles. The van der Waals surface area contributed by atoms with Crippen LogP contribution in [0.1, 0.15) is 53.6 Å². The standard InChI is InChI=1S/C25H22F3N3O3S.C23H16F6N4O4S2.C22H17F3N4O4S2/c1-24(2,32)20-6-4-3-5-19(20)17-10-13-21-22(15-17)30-23(29-21)14-9-16-7-11-18(12-8-16)31-35(33,34)25(26,27)28;24-22(25,26)38(34,35)32-16-9-5-14(6-10-16)7-12-21-30-19-11-8-15(13-20(19)31-21)17-3-1-2-4-18(17)33-39(36,37)23(27,28)29;23-22(24,25)35(32,33)29-16-9-5-14(6-10-16)7-12-21-27-18-11-8-15(13-19(18)28-21)17-3-1-2-4-20(17)34(26,30)31/h3-15,31-32H,1-2H3,(H,29,30);1-13,32-33H,(H,30,31);1-13,29H,(H,27,28)(H2,26,30,31)/b14-9+;2*12-7+. The van der Waals surface area contributed by atoms with Crippen molar-refractivity contribution in [3.63, 3.8) is 0 Å². The monoisotopic (exact) mass is 1610 g/mol. The summed E-state index contributed by atoms with van der Waals surface area (Å²) in [4.78, 5) is 22.6. The van der Waals surface area contributed by atoms with Gasteiger partial charge in [0.25, 0.3) is 0 Å². The smallest absolute Gasteiger partial charge is 0.386 e. The van der Waals surface area contributed by atoms with E-state index in [9.17, 15) is 99.9 Å². The van der Waals surface area contributed by atoms with Gasteiger partial charge in [0.1, 0.15) is 17.5 Å². The fourth-order valence-electron chi connectivity index (χ4n) is 10.2. The van der Waals surface area contributed by atoms with Crippen LogP contribution < -0.4 is 24.0 Å². The molecule has 0 radical (unpaired) electrons. The molecule has 0 aliphatic carbocycles. The molecular formula is C70H55F12N11O11S5. The molecule has 570 valence electrons. The third-order valence-corrected chi connectivity index (χ3v) is 20.8. The van der Waals surface area contributed by atoms with Crippen molar-refractivity contribution >= 4 is 142 Å². The average molecular weight is 1610 g/mol. The second-order valence-corrected chi connectivity index (χ2v) is 32.0. The van der Waals surface area contributed by atoms with E-state index in [1.54, 1.807) is 110 Å². The molecule has 0 aliphatic rings. The summed E-state index contributed by atoms with van der Waals surface area (Å²) in [6.07, 6.45) is 9.77. The number of aromatic amines is 3. The quantitative estimate of drug-likeness (QED) is 0.0340. The van der Waals surface area contributed by atoms with E-state index in [1.807, 2.05) is 42.5 Å². The molecule has 0 amide bonds. The number of benzene rings is 9. The van der Waals surface area contributed by atoms with Crippen LogP contribution in [0.15, 0.2) is 205 Å². The molecule has 3 heterocycles. The lowest BCUT2D eigenvalue weighted by Gasteiger charge is -2.21. The Hall–Kier alpha value is -11.4. The second kappa shape index (κ2) is 30.7. The number of nitrogens with two attached hydrogens (primary N) is 1. The summed E-state index contributed by atoms with van der Waals surface area (Å²) in [5.41, 5.74) is -13.9. The van der Waals surface area contributed by atoms with Crippen LogP contribution in [0.5, 0.6) is 0 Å². The predicted molar refractivity (Wildman–Crippen MR) is 392 cm³/mol. The minimum Gasteiger partial charge on any atom is -0.386 e. The maximum absolute atomic E-state index is 12.8. The topological polar surface area (TPSA) is 351 Å². The summed E-state index contributed by atoms with van der Waals surface area (Å²) in [6, 6.07) is 51.0. The Morgan fingerprint density at radius 1 is 0.358 bits per heavy atom. The number of nitrogens with one attached hydrogen (secondary N) is 7. The third-order valence-electron chi connectivity index (χ3n) is 15.4. The molecular weight excluding hydrogens is 1560 g/mol. The van der Waals surface area contributed by atoms with Crippen molar-refractivity contribution in [2.75, 3.05) is 18.9 Å². The number of para-hydroxylation sites is 1. The van der Waals surface area contributed by atoms with Gasteiger partial charge in [0.05, 0.1) is 49.3 Å². The first-order valence-corrected chi connectivity index (χ1v) is 38.4. The summed E-state index contributed by atoms with van der Waals surface area (Å²) in [5.74, 6) is 1.39. The number of fused-ring (bicyclic) bond motifs is 3. The number of primary sulfonamides is 1. The number of H-pyrrole nitrogens is 3. The maximum atomic E-state index is 12.8. The van der Waals surface area contributed by atoms with Crippen LogP contribution in [0.25, 0.3) is 103 Å². The van der Waals surface area contributed by atoms with Crippen LogP contribution in [-0.2, 0) is 55.7 Å². The van der Waals surface area contributed by atoms with Gasteiger partial charge in [-0.3, -0.25) is 18.9 Å². The van der Waals surface area contributed by atoms with E-state index < -0.39 is 77.8 Å². The molecule has 22 nitrogen and oxygen atoms in total. The number of sulfonamides is 5. The lowest BCUT2D eigenvalue weighted by Crippen LogP contribution is -2.30. The van der Waals surface area contributed by atoms with Crippen molar-refractivity contribution < 1.29 is 99.9 Å². The molecule has 109 heavy (non-hydrogen) atoms. The molecule has 0 bridgehead atoms. The van der Waals surface area contributed by atoms with E-state index in [2.05, 4.69) is 29.9 Å². The van der Waals surface area contributed by atoms with Gasteiger partial charge in [-0.2, -0.15) is 86.4 Å². The van der Waals surface area contributed by atoms with Crippen molar-refractivity contribution in [3.05, 3.63) is 240 Å². The highest BCUT2D eigenvalue weighted by atomic mass is 32.2. The number of hydrogen-bond acceptors (Lipinski definition) is 14. The van der Waals surface area contributed by atoms with Crippen LogP contribution in [0, 0.1) is 0 Å². The third kappa shape index (κ3) is 19.7. The molecule has 12 rings (SSSR count). The molecule has 0 fully saturated rings. The van der Waals surface area contributed by atoms with Crippen LogP contribution in [0.4, 0.5) is 75.4 Å². The molecule has 0 saturated heterocycles. The van der Waals surface area contributed by atoms with E-state index in [4.69, 9.17) is 5.14 Å². The summed E-state index contributed by atoms with van der Waals surface area (Å²) in [6.45, 7) is 3.47. The van der Waals surface area contributed by atoms with Gasteiger partial charge in [0.2, 0.25) is 10.0 Å². The van der Waals surface area contributed by atoms with Crippen molar-refractivity contribution in [1.29, 1.82) is 0 Å². The average Bonchev–Trinajstić information content (AvgIpc) is 1.79. The molecule has 10 N–H and O–H groups in total. The zero-order valence-corrected chi connectivity index (χ0v) is 59.6. The SMILES string of the molecule is CC(C)(O)c1ccccc1-c1ccc2nc(/C=C/c3ccc(NS(=O)(=O)C(F)(F)F)cc3)[nH]c2c1.NS(=O)(=O)c1ccccc1-c1ccc2nc(/C=C/c3ccc(NS(=O)(=O)C(F)(F)F)cc3)[nH]c2c1.O=S(=O)(Nc1ccc(/C=C/c2nc3ccc(-c4ccccc4NS(=O)(=O)C(F)(F)F)cc3[nH]2)cc1)C(F)(F)F. The number of aliphatic hydroxyl groups is 1. The van der Waals surface area contributed by atoms with Gasteiger partial charge in [-0.1, -0.05) is 133 Å². The maximum Gasteiger partial charge on any atom is 0.516 e. The molecule has 0 unspecified atom stereocenters. The zero-order chi connectivity index (χ0) is 79.5.